The molecule has 10 heteroatoms. The molecular weight excluding hydrogens is 492 g/mol. The number of hydrogen-bond acceptors (Lipinski definition) is 2. The Kier molecular flexibility index (Phi) is 6.19. The van der Waals surface area contributed by atoms with Crippen LogP contribution >= 0.6 is 15.9 Å². The molecule has 1 aliphatic carbocycles. The molecule has 31 heavy (non-hydrogen) atoms. The first-order chi connectivity index (χ1) is 14.1. The molecule has 0 N–H and O–H groups in total. The van der Waals surface area contributed by atoms with Crippen LogP contribution in [0.15, 0.2) is 28.3 Å². The van der Waals surface area contributed by atoms with Crippen molar-refractivity contribution in [2.24, 2.45) is 5.41 Å². The lowest BCUT2D eigenvalue weighted by Gasteiger charge is -2.33. The average Bonchev–Trinajstić information content (AvgIpc) is 2.91. The number of carbonyl (C=O) groups is 1. The summed E-state index contributed by atoms with van der Waals surface area (Å²) in [7, 11) is 0. The van der Waals surface area contributed by atoms with Crippen LogP contribution in [0.25, 0.3) is 0 Å². The molecule has 1 saturated heterocycles. The Morgan fingerprint density at radius 1 is 1.10 bits per heavy atom. The van der Waals surface area contributed by atoms with E-state index >= 15 is 0 Å². The van der Waals surface area contributed by atoms with Crippen molar-refractivity contribution in [3.63, 3.8) is 0 Å². The van der Waals surface area contributed by atoms with Gasteiger partial charge in [-0.2, -0.15) is 26.3 Å². The molecule has 2 aliphatic rings. The highest BCUT2D eigenvalue weighted by Crippen LogP contribution is 2.44. The molecule has 0 radical (unpaired) electrons. The van der Waals surface area contributed by atoms with Crippen LogP contribution in [0.2, 0.25) is 0 Å². The molecule has 1 heterocycles. The van der Waals surface area contributed by atoms with Gasteiger partial charge in [-0.25, -0.2) is 4.79 Å². The zero-order chi connectivity index (χ0) is 23.4. The van der Waals surface area contributed by atoms with Crippen molar-refractivity contribution < 1.29 is 35.9 Å². The molecule has 1 aromatic rings. The smallest absolute Gasteiger partial charge is 0.416 e. The largest absolute Gasteiger partial charge is 0.439 e. The van der Waals surface area contributed by atoms with Gasteiger partial charge in [-0.15, -0.1) is 0 Å². The van der Waals surface area contributed by atoms with E-state index in [9.17, 15) is 31.1 Å². The number of hydrogen-bond donors (Lipinski definition) is 0. The van der Waals surface area contributed by atoms with Gasteiger partial charge in [0.15, 0.2) is 0 Å². The SMILES string of the molecule is C[C@H]1[C@@H](c2cc(C(F)(F)F)cc(C(F)(F)F)c2)OC(=O)N1CC1=C(Br)CCC(C)(C)C1. The maximum atomic E-state index is 13.2. The van der Waals surface area contributed by atoms with Crippen molar-refractivity contribution in [1.82, 2.24) is 4.90 Å². The minimum absolute atomic E-state index is 0.0293. The lowest BCUT2D eigenvalue weighted by atomic mass is 9.77. The van der Waals surface area contributed by atoms with Gasteiger partial charge >= 0.3 is 18.4 Å². The summed E-state index contributed by atoms with van der Waals surface area (Å²) in [5.41, 5.74) is -2.19. The molecule has 3 nitrogen and oxygen atoms in total. The van der Waals surface area contributed by atoms with Crippen molar-refractivity contribution in [2.75, 3.05) is 6.54 Å². The van der Waals surface area contributed by atoms with E-state index in [4.69, 9.17) is 4.74 Å². The van der Waals surface area contributed by atoms with E-state index in [2.05, 4.69) is 29.8 Å². The van der Waals surface area contributed by atoms with Gasteiger partial charge in [-0.3, -0.25) is 4.90 Å². The summed E-state index contributed by atoms with van der Waals surface area (Å²) < 4.78 is 85.4. The number of carbonyl (C=O) groups excluding carboxylic acids is 1. The van der Waals surface area contributed by atoms with Crippen LogP contribution in [0.4, 0.5) is 31.1 Å². The van der Waals surface area contributed by atoms with E-state index in [1.807, 2.05) is 0 Å². The average molecular weight is 514 g/mol. The van der Waals surface area contributed by atoms with Crippen molar-refractivity contribution in [3.8, 4) is 0 Å². The van der Waals surface area contributed by atoms with Crippen LogP contribution in [0, 0.1) is 5.41 Å². The summed E-state index contributed by atoms with van der Waals surface area (Å²) in [5, 5.41) is 0. The summed E-state index contributed by atoms with van der Waals surface area (Å²) in [6.45, 7) is 5.96. The lowest BCUT2D eigenvalue weighted by Crippen LogP contribution is -2.35. The van der Waals surface area contributed by atoms with E-state index in [0.29, 0.717) is 12.1 Å². The van der Waals surface area contributed by atoms with Crippen LogP contribution < -0.4 is 0 Å². The quantitative estimate of drug-likeness (QED) is 0.392. The molecule has 1 aliphatic heterocycles. The van der Waals surface area contributed by atoms with E-state index in [1.54, 1.807) is 6.92 Å². The highest BCUT2D eigenvalue weighted by atomic mass is 79.9. The first-order valence-electron chi connectivity index (χ1n) is 9.71. The Bertz CT molecular complexity index is 874. The van der Waals surface area contributed by atoms with Crippen LogP contribution in [-0.4, -0.2) is 23.6 Å². The van der Waals surface area contributed by atoms with Gasteiger partial charge in [0, 0.05) is 6.54 Å². The number of alkyl halides is 6. The number of benzene rings is 1. The number of rotatable bonds is 3. The summed E-state index contributed by atoms with van der Waals surface area (Å²) in [5.74, 6) is 0. The third-order valence-corrected chi connectivity index (χ3v) is 6.75. The molecule has 0 unspecified atom stereocenters. The normalized spacial score (nSPS) is 24.6. The minimum Gasteiger partial charge on any atom is -0.439 e. The number of nitrogens with zero attached hydrogens (tertiary/aromatic N) is 1. The van der Waals surface area contributed by atoms with Gasteiger partial charge in [0.05, 0.1) is 17.2 Å². The van der Waals surface area contributed by atoms with Gasteiger partial charge in [0.2, 0.25) is 0 Å². The Morgan fingerprint density at radius 3 is 2.16 bits per heavy atom. The molecule has 1 fully saturated rings. The first-order valence-corrected chi connectivity index (χ1v) is 10.5. The van der Waals surface area contributed by atoms with Gasteiger partial charge in [-0.1, -0.05) is 29.8 Å². The molecule has 0 spiro atoms. The van der Waals surface area contributed by atoms with Crippen LogP contribution in [0.1, 0.15) is 62.8 Å². The van der Waals surface area contributed by atoms with Gasteiger partial charge in [-0.05, 0) is 65.4 Å². The molecule has 0 bridgehead atoms. The minimum atomic E-state index is -4.97. The molecular formula is C21H22BrF6NO2. The summed E-state index contributed by atoms with van der Waals surface area (Å²) in [4.78, 5) is 13.9. The fourth-order valence-electron chi connectivity index (χ4n) is 4.04. The predicted molar refractivity (Wildman–Crippen MR) is 105 cm³/mol. The van der Waals surface area contributed by atoms with Gasteiger partial charge in [0.25, 0.3) is 0 Å². The number of halogens is 7. The van der Waals surface area contributed by atoms with Gasteiger partial charge in [0.1, 0.15) is 6.10 Å². The highest BCUT2D eigenvalue weighted by molar-refractivity contribution is 9.11. The van der Waals surface area contributed by atoms with Crippen LogP contribution in [-0.2, 0) is 17.1 Å². The standard InChI is InChI=1S/C21H22BrF6NO2/c1-11-17(12-6-14(20(23,24)25)8-15(7-12)21(26,27)28)31-18(30)29(11)10-13-9-19(2,3)5-4-16(13)22/h6-8,11,17H,4-5,9-10H2,1-3H3/t11-,17-/m0/s1. The zero-order valence-electron chi connectivity index (χ0n) is 17.1. The van der Waals surface area contributed by atoms with Crippen LogP contribution in [0.5, 0.6) is 0 Å². The number of amides is 1. The van der Waals surface area contributed by atoms with Crippen molar-refractivity contribution in [1.29, 1.82) is 0 Å². The fraction of sp³-hybridized carbons (Fsp3) is 0.571. The molecule has 172 valence electrons. The van der Waals surface area contributed by atoms with E-state index in [1.165, 1.54) is 4.90 Å². The number of ether oxygens (including phenoxy) is 1. The maximum Gasteiger partial charge on any atom is 0.416 e. The molecule has 0 saturated carbocycles. The first kappa shape index (κ1) is 23.9. The molecule has 1 aromatic carbocycles. The van der Waals surface area contributed by atoms with E-state index in [-0.39, 0.29) is 23.6 Å². The Labute approximate surface area is 184 Å². The fourth-order valence-corrected chi connectivity index (χ4v) is 4.50. The summed E-state index contributed by atoms with van der Waals surface area (Å²) in [6.07, 6.45) is -9.46. The van der Waals surface area contributed by atoms with Crippen molar-refractivity contribution >= 4 is 22.0 Å². The molecule has 3 rings (SSSR count). The summed E-state index contributed by atoms with van der Waals surface area (Å²) >= 11 is 3.53. The van der Waals surface area contributed by atoms with E-state index in [0.717, 1.165) is 29.3 Å². The summed E-state index contributed by atoms with van der Waals surface area (Å²) in [6, 6.07) is 0.558. The predicted octanol–water partition coefficient (Wildman–Crippen LogP) is 7.47. The topological polar surface area (TPSA) is 29.5 Å². The monoisotopic (exact) mass is 513 g/mol. The molecule has 2 atom stereocenters. The van der Waals surface area contributed by atoms with Crippen molar-refractivity contribution in [2.45, 2.75) is 64.5 Å². The van der Waals surface area contributed by atoms with E-state index < -0.39 is 41.7 Å². The Balaban J connectivity index is 1.92. The third kappa shape index (κ3) is 5.21. The van der Waals surface area contributed by atoms with Gasteiger partial charge < -0.3 is 4.74 Å². The lowest BCUT2D eigenvalue weighted by molar-refractivity contribution is -0.143. The second-order valence-electron chi connectivity index (χ2n) is 8.86. The highest BCUT2D eigenvalue weighted by Gasteiger charge is 2.44. The second-order valence-corrected chi connectivity index (χ2v) is 9.82. The van der Waals surface area contributed by atoms with Crippen LogP contribution in [0.3, 0.4) is 0 Å². The Hall–Kier alpha value is -1.71. The molecule has 1 amide bonds. The third-order valence-electron chi connectivity index (χ3n) is 5.79. The zero-order valence-corrected chi connectivity index (χ0v) is 18.7. The van der Waals surface area contributed by atoms with Crippen molar-refractivity contribution in [3.05, 3.63) is 44.9 Å². The maximum absolute atomic E-state index is 13.2. The number of cyclic esters (lactones) is 1. The molecule has 0 aromatic heterocycles. The Morgan fingerprint density at radius 2 is 1.65 bits per heavy atom. The second kappa shape index (κ2) is 8.01. The number of allylic oxidation sites excluding steroid dienone is 1.